The number of carbonyl (C=O) groups excluding carboxylic acids is 2. The van der Waals surface area contributed by atoms with Crippen LogP contribution in [0.2, 0.25) is 0 Å². The molecule has 0 bridgehead atoms. The lowest BCUT2D eigenvalue weighted by molar-refractivity contribution is -0.144. The first-order valence-electron chi connectivity index (χ1n) is 12.5. The topological polar surface area (TPSA) is 52.6 Å². The van der Waals surface area contributed by atoms with Crippen LogP contribution in [0.4, 0.5) is 0 Å². The Morgan fingerprint density at radius 2 is 1.59 bits per heavy atom. The van der Waals surface area contributed by atoms with Crippen molar-refractivity contribution in [1.82, 2.24) is 0 Å². The van der Waals surface area contributed by atoms with E-state index in [-0.39, 0.29) is 11.8 Å². The highest BCUT2D eigenvalue weighted by Gasteiger charge is 2.27. The van der Waals surface area contributed by atoms with E-state index in [0.717, 1.165) is 29.9 Å². The Labute approximate surface area is 205 Å². The van der Waals surface area contributed by atoms with E-state index in [9.17, 15) is 9.59 Å². The lowest BCUT2D eigenvalue weighted by Crippen LogP contribution is -2.28. The van der Waals surface area contributed by atoms with E-state index in [2.05, 4.69) is 13.8 Å². The summed E-state index contributed by atoms with van der Waals surface area (Å²) in [5.74, 6) is 1.72. The van der Waals surface area contributed by atoms with Gasteiger partial charge in [-0.3, -0.25) is 9.59 Å². The Hall–Kier alpha value is -2.88. The molecule has 0 fully saturated rings. The van der Waals surface area contributed by atoms with Gasteiger partial charge in [0.1, 0.15) is 11.5 Å². The second-order valence-electron chi connectivity index (χ2n) is 9.54. The Kier molecular flexibility index (Phi) is 11.1. The van der Waals surface area contributed by atoms with Gasteiger partial charge in [-0.25, -0.2) is 0 Å². The van der Waals surface area contributed by atoms with Crippen LogP contribution in [0.15, 0.2) is 54.6 Å². The number of rotatable bonds is 14. The number of hydrogen-bond donors (Lipinski definition) is 0. The molecule has 184 valence electrons. The Bertz CT molecular complexity index is 923. The summed E-state index contributed by atoms with van der Waals surface area (Å²) in [5.41, 5.74) is 1.32. The fourth-order valence-corrected chi connectivity index (χ4v) is 3.30. The van der Waals surface area contributed by atoms with Crippen LogP contribution < -0.4 is 9.47 Å². The first-order valence-corrected chi connectivity index (χ1v) is 12.5. The minimum atomic E-state index is -0.518. The van der Waals surface area contributed by atoms with Gasteiger partial charge in [-0.2, -0.15) is 0 Å². The third-order valence-corrected chi connectivity index (χ3v) is 6.32. The van der Waals surface area contributed by atoms with Gasteiger partial charge in [0, 0.05) is 6.42 Å². The van der Waals surface area contributed by atoms with Crippen molar-refractivity contribution >= 4 is 17.8 Å². The molecule has 2 aromatic carbocycles. The molecule has 0 saturated carbocycles. The molecule has 0 aliphatic heterocycles. The van der Waals surface area contributed by atoms with Crippen LogP contribution in [0.1, 0.15) is 77.8 Å². The molecule has 34 heavy (non-hydrogen) atoms. The molecule has 0 aliphatic rings. The predicted octanol–water partition coefficient (Wildman–Crippen LogP) is 7.45. The summed E-state index contributed by atoms with van der Waals surface area (Å²) in [5, 5.41) is 0. The molecule has 4 heteroatoms. The molecule has 2 aromatic rings. The van der Waals surface area contributed by atoms with E-state index in [0.29, 0.717) is 24.5 Å². The van der Waals surface area contributed by atoms with E-state index < -0.39 is 5.41 Å². The average Bonchev–Trinajstić information content (AvgIpc) is 2.84. The van der Waals surface area contributed by atoms with Gasteiger partial charge in [0.2, 0.25) is 0 Å². The molecule has 0 radical (unpaired) electrons. The van der Waals surface area contributed by atoms with Crippen LogP contribution in [0.3, 0.4) is 0 Å². The molecular formula is C30H40O4. The van der Waals surface area contributed by atoms with E-state index in [1.165, 1.54) is 19.3 Å². The predicted molar refractivity (Wildman–Crippen MR) is 139 cm³/mol. The molecule has 1 atom stereocenters. The number of esters is 1. The van der Waals surface area contributed by atoms with E-state index in [1.807, 2.05) is 63.2 Å². The molecule has 4 nitrogen and oxygen atoms in total. The molecule has 0 spiro atoms. The van der Waals surface area contributed by atoms with Crippen molar-refractivity contribution in [2.45, 2.75) is 73.1 Å². The van der Waals surface area contributed by atoms with Crippen LogP contribution in [-0.2, 0) is 16.0 Å². The molecular weight excluding hydrogens is 424 g/mol. The second-order valence-corrected chi connectivity index (χ2v) is 9.54. The lowest BCUT2D eigenvalue weighted by atomic mass is 9.91. The maximum Gasteiger partial charge on any atom is 0.316 e. The maximum atomic E-state index is 12.4. The monoisotopic (exact) mass is 464 g/mol. The van der Waals surface area contributed by atoms with E-state index >= 15 is 0 Å². The van der Waals surface area contributed by atoms with Gasteiger partial charge < -0.3 is 9.47 Å². The van der Waals surface area contributed by atoms with Crippen molar-refractivity contribution in [2.24, 2.45) is 11.3 Å². The number of unbranched alkanes of at least 4 members (excludes halogenated alkanes) is 1. The summed E-state index contributed by atoms with van der Waals surface area (Å²) < 4.78 is 11.4. The number of benzene rings is 2. The SMILES string of the molecule is CCCCC(CC)COc1ccc(/C=C/C(=O)Cc2ccc(OC(=O)C(C)(C)CC)cc2)cc1. The summed E-state index contributed by atoms with van der Waals surface area (Å²) in [7, 11) is 0. The number of carbonyl (C=O) groups is 2. The van der Waals surface area contributed by atoms with Gasteiger partial charge in [0.05, 0.1) is 12.0 Å². The molecule has 0 heterocycles. The number of allylic oxidation sites excluding steroid dienone is 1. The first kappa shape index (κ1) is 27.4. The van der Waals surface area contributed by atoms with Crippen molar-refractivity contribution in [1.29, 1.82) is 0 Å². The molecule has 0 aliphatic carbocycles. The van der Waals surface area contributed by atoms with Crippen LogP contribution in [0.5, 0.6) is 11.5 Å². The van der Waals surface area contributed by atoms with Crippen molar-refractivity contribution in [3.63, 3.8) is 0 Å². The van der Waals surface area contributed by atoms with Crippen molar-refractivity contribution in [3.8, 4) is 11.5 Å². The molecule has 0 N–H and O–H groups in total. The minimum Gasteiger partial charge on any atom is -0.493 e. The van der Waals surface area contributed by atoms with Crippen molar-refractivity contribution in [3.05, 3.63) is 65.7 Å². The smallest absolute Gasteiger partial charge is 0.316 e. The largest absolute Gasteiger partial charge is 0.493 e. The Morgan fingerprint density at radius 3 is 2.18 bits per heavy atom. The summed E-state index contributed by atoms with van der Waals surface area (Å²) in [6, 6.07) is 15.0. The van der Waals surface area contributed by atoms with Gasteiger partial charge >= 0.3 is 5.97 Å². The molecule has 1 unspecified atom stereocenters. The summed E-state index contributed by atoms with van der Waals surface area (Å²) >= 11 is 0. The Morgan fingerprint density at radius 1 is 0.941 bits per heavy atom. The number of hydrogen-bond acceptors (Lipinski definition) is 4. The molecule has 0 amide bonds. The van der Waals surface area contributed by atoms with Gasteiger partial charge in [-0.05, 0) is 74.1 Å². The van der Waals surface area contributed by atoms with Crippen LogP contribution in [-0.4, -0.2) is 18.4 Å². The van der Waals surface area contributed by atoms with Crippen molar-refractivity contribution in [2.75, 3.05) is 6.61 Å². The zero-order chi connectivity index (χ0) is 25.0. The standard InChI is InChI=1S/C30H40O4/c1-6-9-10-23(7-2)22-33-27-17-12-24(13-18-27)11-16-26(31)21-25-14-19-28(20-15-25)34-29(32)30(4,5)8-3/h11-20,23H,6-10,21-22H2,1-5H3/b16-11+. The highest BCUT2D eigenvalue weighted by atomic mass is 16.5. The summed E-state index contributed by atoms with van der Waals surface area (Å²) in [6.45, 7) is 10.9. The highest BCUT2D eigenvalue weighted by molar-refractivity contribution is 5.95. The second kappa shape index (κ2) is 13.7. The normalized spacial score (nSPS) is 12.5. The van der Waals surface area contributed by atoms with Gasteiger partial charge in [-0.1, -0.05) is 70.4 Å². The summed E-state index contributed by atoms with van der Waals surface area (Å²) in [6.07, 6.45) is 9.23. The van der Waals surface area contributed by atoms with Crippen LogP contribution in [0.25, 0.3) is 6.08 Å². The minimum absolute atomic E-state index is 0.0129. The molecule has 0 saturated heterocycles. The quantitative estimate of drug-likeness (QED) is 0.165. The third-order valence-electron chi connectivity index (χ3n) is 6.32. The lowest BCUT2D eigenvalue weighted by Gasteiger charge is -2.20. The fraction of sp³-hybridized carbons (Fsp3) is 0.467. The van der Waals surface area contributed by atoms with E-state index in [1.54, 1.807) is 18.2 Å². The van der Waals surface area contributed by atoms with Gasteiger partial charge in [-0.15, -0.1) is 0 Å². The maximum absolute atomic E-state index is 12.4. The van der Waals surface area contributed by atoms with Crippen LogP contribution >= 0.6 is 0 Å². The Balaban J connectivity index is 1.83. The third kappa shape index (κ3) is 9.17. The van der Waals surface area contributed by atoms with Crippen LogP contribution in [0, 0.1) is 11.3 Å². The number of ether oxygens (including phenoxy) is 2. The van der Waals surface area contributed by atoms with Gasteiger partial charge in [0.25, 0.3) is 0 Å². The first-order chi connectivity index (χ1) is 16.3. The fourth-order valence-electron chi connectivity index (χ4n) is 3.30. The number of ketones is 1. The average molecular weight is 465 g/mol. The zero-order valence-electron chi connectivity index (χ0n) is 21.4. The zero-order valence-corrected chi connectivity index (χ0v) is 21.4. The molecule has 2 rings (SSSR count). The van der Waals surface area contributed by atoms with Gasteiger partial charge in [0.15, 0.2) is 5.78 Å². The molecule has 0 aromatic heterocycles. The highest BCUT2D eigenvalue weighted by Crippen LogP contribution is 2.24. The summed E-state index contributed by atoms with van der Waals surface area (Å²) in [4.78, 5) is 24.6. The van der Waals surface area contributed by atoms with E-state index in [4.69, 9.17) is 9.47 Å². The van der Waals surface area contributed by atoms with Crippen molar-refractivity contribution < 1.29 is 19.1 Å².